The fourth-order valence-electron chi connectivity index (χ4n) is 2.03. The molecule has 0 saturated carbocycles. The number of nitrogens with zero attached hydrogens (tertiary/aromatic N) is 1. The van der Waals surface area contributed by atoms with Crippen molar-refractivity contribution in [2.45, 2.75) is 18.4 Å². The molecule has 1 aromatic heterocycles. The van der Waals surface area contributed by atoms with Crippen molar-refractivity contribution in [3.63, 3.8) is 0 Å². The molecule has 1 amide bonds. The zero-order valence-corrected chi connectivity index (χ0v) is 14.7. The molecule has 0 aliphatic rings. The normalized spacial score (nSPS) is 11.5. The minimum absolute atomic E-state index is 0.0188. The number of hydrogen-bond acceptors (Lipinski definition) is 5. The highest BCUT2D eigenvalue weighted by atomic mass is 32.2. The van der Waals surface area contributed by atoms with E-state index in [1.54, 1.807) is 6.07 Å². The van der Waals surface area contributed by atoms with Crippen LogP contribution in [0.15, 0.2) is 40.6 Å². The van der Waals surface area contributed by atoms with Crippen LogP contribution in [-0.2, 0) is 21.4 Å². The Labute approximate surface area is 139 Å². The van der Waals surface area contributed by atoms with Crippen LogP contribution in [0, 0.1) is 0 Å². The van der Waals surface area contributed by atoms with E-state index in [1.165, 1.54) is 48.9 Å². The molecule has 8 heteroatoms. The first-order chi connectivity index (χ1) is 10.8. The van der Waals surface area contributed by atoms with E-state index in [2.05, 4.69) is 5.32 Å². The van der Waals surface area contributed by atoms with Crippen LogP contribution in [0.3, 0.4) is 0 Å². The molecule has 2 rings (SSSR count). The van der Waals surface area contributed by atoms with Crippen LogP contribution in [0.5, 0.6) is 5.75 Å². The zero-order chi connectivity index (χ0) is 17.0. The van der Waals surface area contributed by atoms with E-state index in [4.69, 9.17) is 4.74 Å². The Morgan fingerprint density at radius 1 is 1.35 bits per heavy atom. The van der Waals surface area contributed by atoms with E-state index >= 15 is 0 Å². The van der Waals surface area contributed by atoms with E-state index in [9.17, 15) is 13.2 Å². The van der Waals surface area contributed by atoms with Crippen LogP contribution in [0.2, 0.25) is 0 Å². The van der Waals surface area contributed by atoms with Crippen molar-refractivity contribution in [3.05, 3.63) is 40.6 Å². The van der Waals surface area contributed by atoms with Crippen LogP contribution >= 0.6 is 11.3 Å². The Balaban J connectivity index is 2.38. The molecular weight excluding hydrogens is 336 g/mol. The van der Waals surface area contributed by atoms with Gasteiger partial charge in [0.15, 0.2) is 0 Å². The Morgan fingerprint density at radius 3 is 2.65 bits per heavy atom. The summed E-state index contributed by atoms with van der Waals surface area (Å²) in [6, 6.07) is 8.27. The van der Waals surface area contributed by atoms with Gasteiger partial charge >= 0.3 is 0 Å². The summed E-state index contributed by atoms with van der Waals surface area (Å²) in [5.74, 6) is -0.0393. The molecule has 0 aliphatic carbocycles. The lowest BCUT2D eigenvalue weighted by Crippen LogP contribution is -2.26. The number of sulfonamides is 1. The van der Waals surface area contributed by atoms with Crippen molar-refractivity contribution in [3.8, 4) is 5.75 Å². The van der Waals surface area contributed by atoms with Gasteiger partial charge in [0.2, 0.25) is 15.9 Å². The fourth-order valence-corrected chi connectivity index (χ4v) is 4.20. The summed E-state index contributed by atoms with van der Waals surface area (Å²) in [4.78, 5) is 12.1. The number of carbonyl (C=O) groups is 1. The highest BCUT2D eigenvalue weighted by Crippen LogP contribution is 2.30. The second kappa shape index (κ2) is 7.12. The number of methoxy groups -OCH3 is 1. The maximum atomic E-state index is 12.8. The quantitative estimate of drug-likeness (QED) is 0.865. The van der Waals surface area contributed by atoms with Crippen LogP contribution in [-0.4, -0.2) is 32.8 Å². The monoisotopic (exact) mass is 354 g/mol. The maximum absolute atomic E-state index is 12.8. The summed E-state index contributed by atoms with van der Waals surface area (Å²) < 4.78 is 32.0. The third-order valence-electron chi connectivity index (χ3n) is 3.13. The number of rotatable bonds is 6. The number of amides is 1. The van der Waals surface area contributed by atoms with Gasteiger partial charge in [-0.15, -0.1) is 11.3 Å². The minimum Gasteiger partial charge on any atom is -0.495 e. The Morgan fingerprint density at radius 2 is 2.09 bits per heavy atom. The van der Waals surface area contributed by atoms with Gasteiger partial charge in [0.25, 0.3) is 0 Å². The lowest BCUT2D eigenvalue weighted by molar-refractivity contribution is -0.114. The molecule has 124 valence electrons. The van der Waals surface area contributed by atoms with Crippen LogP contribution in [0.4, 0.5) is 5.69 Å². The number of thiophene rings is 1. The van der Waals surface area contributed by atoms with Crippen LogP contribution < -0.4 is 10.1 Å². The smallest absolute Gasteiger partial charge is 0.246 e. The zero-order valence-electron chi connectivity index (χ0n) is 13.1. The summed E-state index contributed by atoms with van der Waals surface area (Å²) in [7, 11) is -0.831. The molecule has 1 aromatic carbocycles. The van der Waals surface area contributed by atoms with E-state index in [0.29, 0.717) is 5.69 Å². The molecule has 0 radical (unpaired) electrons. The highest BCUT2D eigenvalue weighted by molar-refractivity contribution is 7.89. The van der Waals surface area contributed by atoms with Gasteiger partial charge in [-0.2, -0.15) is 4.31 Å². The first-order valence-corrected chi connectivity index (χ1v) is 9.11. The van der Waals surface area contributed by atoms with Gasteiger partial charge in [-0.05, 0) is 29.6 Å². The lowest BCUT2D eigenvalue weighted by atomic mass is 10.3. The molecule has 0 unspecified atom stereocenters. The number of benzene rings is 1. The predicted octanol–water partition coefficient (Wildman–Crippen LogP) is 2.54. The van der Waals surface area contributed by atoms with Gasteiger partial charge in [0, 0.05) is 31.1 Å². The van der Waals surface area contributed by atoms with Crippen molar-refractivity contribution in [1.82, 2.24) is 4.31 Å². The molecule has 0 fully saturated rings. The maximum Gasteiger partial charge on any atom is 0.246 e. The SMILES string of the molecule is COc1ccc(NC(C)=O)cc1S(=O)(=O)N(C)Cc1cccs1. The fraction of sp³-hybridized carbons (Fsp3) is 0.267. The van der Waals surface area contributed by atoms with Gasteiger partial charge in [0.1, 0.15) is 10.6 Å². The van der Waals surface area contributed by atoms with Crippen molar-refractivity contribution >= 4 is 33.0 Å². The topological polar surface area (TPSA) is 75.7 Å². The van der Waals surface area contributed by atoms with Gasteiger partial charge < -0.3 is 10.1 Å². The van der Waals surface area contributed by atoms with E-state index in [-0.39, 0.29) is 23.1 Å². The highest BCUT2D eigenvalue weighted by Gasteiger charge is 2.25. The number of hydrogen-bond donors (Lipinski definition) is 1. The molecule has 6 nitrogen and oxygen atoms in total. The predicted molar refractivity (Wildman–Crippen MR) is 90.3 cm³/mol. The van der Waals surface area contributed by atoms with E-state index < -0.39 is 10.0 Å². The summed E-state index contributed by atoms with van der Waals surface area (Å²) >= 11 is 1.49. The molecule has 23 heavy (non-hydrogen) atoms. The summed E-state index contributed by atoms with van der Waals surface area (Å²) in [6.07, 6.45) is 0. The molecule has 2 aromatic rings. The first-order valence-electron chi connectivity index (χ1n) is 6.79. The van der Waals surface area contributed by atoms with Crippen LogP contribution in [0.25, 0.3) is 0 Å². The van der Waals surface area contributed by atoms with Gasteiger partial charge in [-0.3, -0.25) is 4.79 Å². The summed E-state index contributed by atoms with van der Waals surface area (Å²) in [6.45, 7) is 1.63. The second-order valence-electron chi connectivity index (χ2n) is 4.89. The van der Waals surface area contributed by atoms with Crippen molar-refractivity contribution in [2.24, 2.45) is 0 Å². The average molecular weight is 354 g/mol. The average Bonchev–Trinajstić information content (AvgIpc) is 2.99. The third kappa shape index (κ3) is 4.10. The standard InChI is InChI=1S/C15H18N2O4S2/c1-11(18)16-12-6-7-14(21-3)15(9-12)23(19,20)17(2)10-13-5-4-8-22-13/h4-9H,10H2,1-3H3,(H,16,18). The Kier molecular flexibility index (Phi) is 5.40. The first kappa shape index (κ1) is 17.5. The summed E-state index contributed by atoms with van der Waals surface area (Å²) in [5, 5.41) is 4.47. The molecule has 0 spiro atoms. The largest absolute Gasteiger partial charge is 0.495 e. The van der Waals surface area contributed by atoms with Crippen molar-refractivity contribution < 1.29 is 17.9 Å². The number of carbonyl (C=O) groups excluding carboxylic acids is 1. The van der Waals surface area contributed by atoms with Crippen LogP contribution in [0.1, 0.15) is 11.8 Å². The molecule has 1 N–H and O–H groups in total. The van der Waals surface area contributed by atoms with Crippen molar-refractivity contribution in [2.75, 3.05) is 19.5 Å². The minimum atomic E-state index is -3.75. The Hall–Kier alpha value is -1.90. The number of anilines is 1. The van der Waals surface area contributed by atoms with E-state index in [1.807, 2.05) is 17.5 Å². The van der Waals surface area contributed by atoms with E-state index in [0.717, 1.165) is 4.88 Å². The molecule has 0 bridgehead atoms. The molecule has 0 atom stereocenters. The Bertz CT molecular complexity index is 786. The molecular formula is C15H18N2O4S2. The van der Waals surface area contributed by atoms with Gasteiger partial charge in [-0.25, -0.2) is 8.42 Å². The van der Waals surface area contributed by atoms with Gasteiger partial charge in [0.05, 0.1) is 7.11 Å². The summed E-state index contributed by atoms with van der Waals surface area (Å²) in [5.41, 5.74) is 0.404. The molecule has 0 saturated heterocycles. The number of ether oxygens (including phenoxy) is 1. The molecule has 1 heterocycles. The lowest BCUT2D eigenvalue weighted by Gasteiger charge is -2.19. The molecule has 0 aliphatic heterocycles. The third-order valence-corrected chi connectivity index (χ3v) is 5.82. The van der Waals surface area contributed by atoms with Gasteiger partial charge in [-0.1, -0.05) is 6.07 Å². The number of nitrogens with one attached hydrogen (secondary N) is 1. The van der Waals surface area contributed by atoms with Crippen molar-refractivity contribution in [1.29, 1.82) is 0 Å². The second-order valence-corrected chi connectivity index (χ2v) is 7.93.